The highest BCUT2D eigenvalue weighted by atomic mass is 79.9. The van der Waals surface area contributed by atoms with Gasteiger partial charge in [0.15, 0.2) is 0 Å². The van der Waals surface area contributed by atoms with Gasteiger partial charge in [-0.15, -0.1) is 0 Å². The van der Waals surface area contributed by atoms with Crippen molar-refractivity contribution in [3.63, 3.8) is 0 Å². The number of halogens is 1. The third-order valence-electron chi connectivity index (χ3n) is 3.65. The van der Waals surface area contributed by atoms with Gasteiger partial charge >= 0.3 is 0 Å². The molecule has 1 aliphatic rings. The van der Waals surface area contributed by atoms with E-state index < -0.39 is 0 Å². The Morgan fingerprint density at radius 1 is 0.870 bits per heavy atom. The zero-order chi connectivity index (χ0) is 15.9. The van der Waals surface area contributed by atoms with Crippen molar-refractivity contribution in [2.75, 3.05) is 0 Å². The molecule has 0 amide bonds. The number of hydrogen-bond donors (Lipinski definition) is 0. The average Bonchev–Trinajstić information content (AvgIpc) is 2.62. The highest BCUT2D eigenvalue weighted by Gasteiger charge is 2.16. The Morgan fingerprint density at radius 3 is 2.13 bits per heavy atom. The van der Waals surface area contributed by atoms with E-state index >= 15 is 0 Å². The molecular formula is C20H19BrO2. The molecule has 1 atom stereocenters. The summed E-state index contributed by atoms with van der Waals surface area (Å²) in [5, 5.41) is 0. The fourth-order valence-electron chi connectivity index (χ4n) is 2.38. The van der Waals surface area contributed by atoms with E-state index in [0.717, 1.165) is 22.2 Å². The van der Waals surface area contributed by atoms with Gasteiger partial charge in [-0.3, -0.25) is 0 Å². The van der Waals surface area contributed by atoms with Gasteiger partial charge in [0.25, 0.3) is 0 Å². The van der Waals surface area contributed by atoms with Crippen LogP contribution in [0.3, 0.4) is 0 Å². The Morgan fingerprint density at radius 2 is 1.48 bits per heavy atom. The van der Waals surface area contributed by atoms with Crippen LogP contribution in [0.25, 0.3) is 0 Å². The van der Waals surface area contributed by atoms with Gasteiger partial charge in [0.1, 0.15) is 12.4 Å². The lowest BCUT2D eigenvalue weighted by Gasteiger charge is -2.20. The highest BCUT2D eigenvalue weighted by molar-refractivity contribution is 9.11. The molecule has 0 N–H and O–H groups in total. The monoisotopic (exact) mass is 370 g/mol. The molecular weight excluding hydrogens is 352 g/mol. The molecule has 0 saturated carbocycles. The summed E-state index contributed by atoms with van der Waals surface area (Å²) in [6.45, 7) is 1.17. The van der Waals surface area contributed by atoms with Crippen LogP contribution in [-0.4, -0.2) is 6.10 Å². The molecule has 1 aliphatic carbocycles. The number of allylic oxidation sites excluding steroid dienone is 1. The lowest BCUT2D eigenvalue weighted by atomic mass is 10.1. The van der Waals surface area contributed by atoms with Crippen LogP contribution in [-0.2, 0) is 22.7 Å². The zero-order valence-electron chi connectivity index (χ0n) is 12.8. The Labute approximate surface area is 145 Å². The van der Waals surface area contributed by atoms with Gasteiger partial charge in [0, 0.05) is 0 Å². The van der Waals surface area contributed by atoms with E-state index in [-0.39, 0.29) is 6.10 Å². The van der Waals surface area contributed by atoms with E-state index in [4.69, 9.17) is 9.47 Å². The van der Waals surface area contributed by atoms with E-state index in [9.17, 15) is 0 Å². The number of hydrogen-bond acceptors (Lipinski definition) is 2. The summed E-state index contributed by atoms with van der Waals surface area (Å²) < 4.78 is 12.9. The van der Waals surface area contributed by atoms with Gasteiger partial charge in [0.2, 0.25) is 0 Å². The first-order valence-electron chi connectivity index (χ1n) is 7.71. The molecule has 118 valence electrons. The first-order chi connectivity index (χ1) is 11.3. The topological polar surface area (TPSA) is 18.5 Å². The van der Waals surface area contributed by atoms with E-state index in [1.54, 1.807) is 0 Å². The fraction of sp³-hybridized carbons (Fsp3) is 0.200. The lowest BCUT2D eigenvalue weighted by molar-refractivity contribution is 0.0680. The minimum atomic E-state index is 0.0438. The molecule has 0 radical (unpaired) electrons. The normalized spacial score (nSPS) is 17.3. The van der Waals surface area contributed by atoms with E-state index in [1.165, 1.54) is 5.56 Å². The second-order valence-corrected chi connectivity index (χ2v) is 6.28. The third kappa shape index (κ3) is 4.81. The van der Waals surface area contributed by atoms with Gasteiger partial charge in [0.05, 0.1) is 17.2 Å². The maximum absolute atomic E-state index is 5.98. The predicted molar refractivity (Wildman–Crippen MR) is 96.0 cm³/mol. The Bertz CT molecular complexity index is 677. The van der Waals surface area contributed by atoms with Crippen LogP contribution < -0.4 is 0 Å². The Kier molecular flexibility index (Phi) is 5.67. The molecule has 3 heteroatoms. The van der Waals surface area contributed by atoms with Gasteiger partial charge in [-0.25, -0.2) is 0 Å². The summed E-state index contributed by atoms with van der Waals surface area (Å²) in [6.07, 6.45) is 5.06. The Hall–Kier alpha value is -1.84. The molecule has 2 aromatic rings. The molecule has 23 heavy (non-hydrogen) atoms. The summed E-state index contributed by atoms with van der Waals surface area (Å²) in [5.74, 6) is 0.846. The van der Waals surface area contributed by atoms with Crippen molar-refractivity contribution >= 4 is 15.9 Å². The summed E-state index contributed by atoms with van der Waals surface area (Å²) >= 11 is 3.56. The van der Waals surface area contributed by atoms with Crippen molar-refractivity contribution in [1.29, 1.82) is 0 Å². The lowest BCUT2D eigenvalue weighted by Crippen LogP contribution is -2.14. The molecule has 0 bridgehead atoms. The molecule has 0 spiro atoms. The number of rotatable bonds is 6. The first kappa shape index (κ1) is 16.0. The standard InChI is InChI=1S/C20H19BrO2/c21-19-12-11-18(22-14-16-7-3-1-4-8-16)13-20(19)23-15-17-9-5-2-6-10-17/h1-10,12-13,18H,11,14-15H2. The molecule has 0 heterocycles. The first-order valence-corrected chi connectivity index (χ1v) is 8.50. The maximum atomic E-state index is 5.98. The van der Waals surface area contributed by atoms with Gasteiger partial charge < -0.3 is 9.47 Å². The summed E-state index contributed by atoms with van der Waals surface area (Å²) in [5.41, 5.74) is 2.34. The maximum Gasteiger partial charge on any atom is 0.132 e. The molecule has 3 rings (SSSR count). The van der Waals surface area contributed by atoms with Crippen molar-refractivity contribution in [2.24, 2.45) is 0 Å². The van der Waals surface area contributed by atoms with Crippen molar-refractivity contribution in [3.8, 4) is 0 Å². The number of benzene rings is 2. The minimum Gasteiger partial charge on any atom is -0.488 e. The second-order valence-electron chi connectivity index (χ2n) is 5.43. The van der Waals surface area contributed by atoms with Gasteiger partial charge in [-0.05, 0) is 39.6 Å². The predicted octanol–water partition coefficient (Wildman–Crippen LogP) is 5.36. The van der Waals surface area contributed by atoms with Crippen LogP contribution >= 0.6 is 15.9 Å². The van der Waals surface area contributed by atoms with Gasteiger partial charge in [-0.2, -0.15) is 0 Å². The van der Waals surface area contributed by atoms with Crippen LogP contribution in [0.1, 0.15) is 17.5 Å². The molecule has 0 saturated heterocycles. The molecule has 1 unspecified atom stereocenters. The molecule has 0 aromatic heterocycles. The van der Waals surface area contributed by atoms with Crippen molar-refractivity contribution < 1.29 is 9.47 Å². The van der Waals surface area contributed by atoms with Crippen LogP contribution in [0, 0.1) is 0 Å². The SMILES string of the molecule is BrC1=CCC(OCc2ccccc2)C=C1OCc1ccccc1. The van der Waals surface area contributed by atoms with E-state index in [1.807, 2.05) is 36.4 Å². The summed E-state index contributed by atoms with van der Waals surface area (Å²) in [6, 6.07) is 20.4. The second kappa shape index (κ2) is 8.14. The summed E-state index contributed by atoms with van der Waals surface area (Å²) in [4.78, 5) is 0. The van der Waals surface area contributed by atoms with Crippen LogP contribution in [0.15, 0.2) is 83.1 Å². The fourth-order valence-corrected chi connectivity index (χ4v) is 2.82. The number of ether oxygens (including phenoxy) is 2. The van der Waals surface area contributed by atoms with Crippen LogP contribution in [0.5, 0.6) is 0 Å². The quantitative estimate of drug-likeness (QED) is 0.681. The molecule has 0 fully saturated rings. The van der Waals surface area contributed by atoms with Crippen molar-refractivity contribution in [1.82, 2.24) is 0 Å². The molecule has 2 aromatic carbocycles. The van der Waals surface area contributed by atoms with Crippen molar-refractivity contribution in [2.45, 2.75) is 25.7 Å². The zero-order valence-corrected chi connectivity index (χ0v) is 14.4. The van der Waals surface area contributed by atoms with Crippen molar-refractivity contribution in [3.05, 3.63) is 94.2 Å². The van der Waals surface area contributed by atoms with E-state index in [2.05, 4.69) is 52.3 Å². The smallest absolute Gasteiger partial charge is 0.132 e. The highest BCUT2D eigenvalue weighted by Crippen LogP contribution is 2.27. The largest absolute Gasteiger partial charge is 0.488 e. The minimum absolute atomic E-state index is 0.0438. The molecule has 2 nitrogen and oxygen atoms in total. The Balaban J connectivity index is 1.57. The van der Waals surface area contributed by atoms with E-state index in [0.29, 0.717) is 13.2 Å². The summed E-state index contributed by atoms with van der Waals surface area (Å²) in [7, 11) is 0. The molecule has 0 aliphatic heterocycles. The van der Waals surface area contributed by atoms with Crippen LogP contribution in [0.2, 0.25) is 0 Å². The third-order valence-corrected chi connectivity index (χ3v) is 4.36. The average molecular weight is 371 g/mol. The van der Waals surface area contributed by atoms with Crippen LogP contribution in [0.4, 0.5) is 0 Å². The van der Waals surface area contributed by atoms with Gasteiger partial charge in [-0.1, -0.05) is 66.7 Å².